The summed E-state index contributed by atoms with van der Waals surface area (Å²) in [5.74, 6) is -0.947. The molecule has 1 aromatic rings. The molecule has 2 fully saturated rings. The number of anilines is 1. The second-order valence-electron chi connectivity index (χ2n) is 6.70. The van der Waals surface area contributed by atoms with Crippen molar-refractivity contribution in [1.82, 2.24) is 9.80 Å². The Balaban J connectivity index is 1.63. The Kier molecular flexibility index (Phi) is 5.36. The molecule has 0 spiro atoms. The third kappa shape index (κ3) is 3.83. The van der Waals surface area contributed by atoms with Crippen molar-refractivity contribution in [2.45, 2.75) is 45.1 Å². The number of hydrogen-bond donors (Lipinski definition) is 1. The van der Waals surface area contributed by atoms with Gasteiger partial charge in [-0.15, -0.1) is 0 Å². The zero-order valence-electron chi connectivity index (χ0n) is 14.7. The number of benzene rings is 1. The van der Waals surface area contributed by atoms with Crippen LogP contribution in [0.2, 0.25) is 0 Å². The van der Waals surface area contributed by atoms with E-state index in [-0.39, 0.29) is 11.9 Å². The maximum atomic E-state index is 12.6. The van der Waals surface area contributed by atoms with Crippen LogP contribution in [-0.2, 0) is 20.8 Å². The van der Waals surface area contributed by atoms with Gasteiger partial charge >= 0.3 is 11.8 Å². The van der Waals surface area contributed by atoms with Gasteiger partial charge < -0.3 is 15.1 Å². The number of amides is 3. The van der Waals surface area contributed by atoms with Gasteiger partial charge in [0.05, 0.1) is 0 Å². The molecule has 2 aliphatic rings. The van der Waals surface area contributed by atoms with E-state index in [0.717, 1.165) is 37.8 Å². The van der Waals surface area contributed by atoms with Crippen LogP contribution in [-0.4, -0.2) is 53.2 Å². The molecular weight excluding hydrogens is 318 g/mol. The van der Waals surface area contributed by atoms with Crippen LogP contribution in [0.3, 0.4) is 0 Å². The van der Waals surface area contributed by atoms with E-state index in [9.17, 15) is 14.4 Å². The quantitative estimate of drug-likeness (QED) is 0.851. The number of rotatable bonds is 3. The van der Waals surface area contributed by atoms with Gasteiger partial charge in [0.15, 0.2) is 0 Å². The van der Waals surface area contributed by atoms with Gasteiger partial charge in [0.25, 0.3) is 0 Å². The Hall–Kier alpha value is -2.37. The number of nitrogens with one attached hydrogen (secondary N) is 1. The molecule has 0 radical (unpaired) electrons. The van der Waals surface area contributed by atoms with E-state index in [1.807, 2.05) is 36.1 Å². The number of carbonyl (C=O) groups excluding carboxylic acids is 3. The van der Waals surface area contributed by atoms with Crippen LogP contribution in [0.4, 0.5) is 5.69 Å². The number of aryl methyl sites for hydroxylation is 1. The lowest BCUT2D eigenvalue weighted by Crippen LogP contribution is -2.52. The van der Waals surface area contributed by atoms with Crippen molar-refractivity contribution < 1.29 is 14.4 Å². The third-order valence-corrected chi connectivity index (χ3v) is 5.08. The van der Waals surface area contributed by atoms with E-state index in [2.05, 4.69) is 5.32 Å². The molecule has 134 valence electrons. The van der Waals surface area contributed by atoms with Crippen molar-refractivity contribution in [2.24, 2.45) is 0 Å². The fourth-order valence-corrected chi connectivity index (χ4v) is 3.72. The smallest absolute Gasteiger partial charge is 0.313 e. The fourth-order valence-electron chi connectivity index (χ4n) is 3.72. The molecule has 1 atom stereocenters. The van der Waals surface area contributed by atoms with Crippen LogP contribution in [0.15, 0.2) is 24.3 Å². The van der Waals surface area contributed by atoms with Crippen molar-refractivity contribution in [3.63, 3.8) is 0 Å². The summed E-state index contributed by atoms with van der Waals surface area (Å²) >= 11 is 0. The SMILES string of the molecule is CCc1ccccc1NC(=O)C(=O)N1CCCC(N2CCCC2=O)C1. The molecule has 1 N–H and O–H groups in total. The van der Waals surface area contributed by atoms with Gasteiger partial charge in [-0.25, -0.2) is 0 Å². The predicted octanol–water partition coefficient (Wildman–Crippen LogP) is 1.80. The summed E-state index contributed by atoms with van der Waals surface area (Å²) in [5, 5.41) is 2.74. The highest BCUT2D eigenvalue weighted by Gasteiger charge is 2.34. The highest BCUT2D eigenvalue weighted by Crippen LogP contribution is 2.22. The molecular formula is C19H25N3O3. The second kappa shape index (κ2) is 7.68. The van der Waals surface area contributed by atoms with E-state index < -0.39 is 11.8 Å². The van der Waals surface area contributed by atoms with Gasteiger partial charge in [0.2, 0.25) is 5.91 Å². The Labute approximate surface area is 148 Å². The Morgan fingerprint density at radius 1 is 1.20 bits per heavy atom. The summed E-state index contributed by atoms with van der Waals surface area (Å²) in [6.07, 6.45) is 3.98. The molecule has 0 aromatic heterocycles. The summed E-state index contributed by atoms with van der Waals surface area (Å²) in [6.45, 7) is 3.80. The van der Waals surface area contributed by atoms with Crippen LogP contribution >= 0.6 is 0 Å². The molecule has 6 nitrogen and oxygen atoms in total. The minimum atomic E-state index is -0.603. The van der Waals surface area contributed by atoms with E-state index in [1.54, 1.807) is 4.90 Å². The molecule has 6 heteroatoms. The van der Waals surface area contributed by atoms with Gasteiger partial charge in [-0.3, -0.25) is 14.4 Å². The van der Waals surface area contributed by atoms with E-state index in [1.165, 1.54) is 0 Å². The molecule has 2 aliphatic heterocycles. The van der Waals surface area contributed by atoms with Crippen molar-refractivity contribution in [3.05, 3.63) is 29.8 Å². The highest BCUT2D eigenvalue weighted by atomic mass is 16.2. The van der Waals surface area contributed by atoms with Gasteiger partial charge in [-0.2, -0.15) is 0 Å². The molecule has 0 aliphatic carbocycles. The Morgan fingerprint density at radius 3 is 2.72 bits per heavy atom. The van der Waals surface area contributed by atoms with Crippen LogP contribution in [0, 0.1) is 0 Å². The lowest BCUT2D eigenvalue weighted by atomic mass is 10.0. The average Bonchev–Trinajstić information content (AvgIpc) is 3.07. The molecule has 3 amide bonds. The van der Waals surface area contributed by atoms with Gasteiger partial charge in [-0.05, 0) is 37.3 Å². The summed E-state index contributed by atoms with van der Waals surface area (Å²) < 4.78 is 0. The summed E-state index contributed by atoms with van der Waals surface area (Å²) in [7, 11) is 0. The Bertz CT molecular complexity index is 674. The maximum absolute atomic E-state index is 12.6. The van der Waals surface area contributed by atoms with Gasteiger partial charge in [0.1, 0.15) is 0 Å². The minimum absolute atomic E-state index is 0.0448. The average molecular weight is 343 g/mol. The molecule has 0 bridgehead atoms. The van der Waals surface area contributed by atoms with E-state index in [0.29, 0.717) is 25.2 Å². The summed E-state index contributed by atoms with van der Waals surface area (Å²) in [5.41, 5.74) is 1.69. The van der Waals surface area contributed by atoms with Crippen molar-refractivity contribution in [1.29, 1.82) is 0 Å². The standard InChI is InChI=1S/C19H25N3O3/c1-2-14-7-3-4-9-16(14)20-18(24)19(25)21-11-5-8-15(13-21)22-12-6-10-17(22)23/h3-4,7,9,15H,2,5-6,8,10-13H2,1H3,(H,20,24). The van der Waals surface area contributed by atoms with Crippen LogP contribution in [0.1, 0.15) is 38.2 Å². The lowest BCUT2D eigenvalue weighted by molar-refractivity contribution is -0.145. The predicted molar refractivity (Wildman–Crippen MR) is 95.0 cm³/mol. The number of nitrogens with zero attached hydrogens (tertiary/aromatic N) is 2. The van der Waals surface area contributed by atoms with Gasteiger partial charge in [-0.1, -0.05) is 25.1 Å². The zero-order valence-corrected chi connectivity index (χ0v) is 14.7. The van der Waals surface area contributed by atoms with Crippen molar-refractivity contribution in [3.8, 4) is 0 Å². The highest BCUT2D eigenvalue weighted by molar-refractivity contribution is 6.39. The van der Waals surface area contributed by atoms with Crippen molar-refractivity contribution in [2.75, 3.05) is 25.0 Å². The lowest BCUT2D eigenvalue weighted by Gasteiger charge is -2.37. The first-order valence-electron chi connectivity index (χ1n) is 9.07. The normalized spacial score (nSPS) is 20.7. The van der Waals surface area contributed by atoms with Crippen LogP contribution < -0.4 is 5.32 Å². The molecule has 1 aromatic carbocycles. The zero-order chi connectivity index (χ0) is 17.8. The van der Waals surface area contributed by atoms with Crippen molar-refractivity contribution >= 4 is 23.4 Å². The molecule has 2 heterocycles. The first-order valence-corrected chi connectivity index (χ1v) is 9.07. The largest absolute Gasteiger partial charge is 0.338 e. The number of hydrogen-bond acceptors (Lipinski definition) is 3. The minimum Gasteiger partial charge on any atom is -0.338 e. The topological polar surface area (TPSA) is 69.7 Å². The van der Waals surface area contributed by atoms with Crippen LogP contribution in [0.25, 0.3) is 0 Å². The molecule has 2 saturated heterocycles. The summed E-state index contributed by atoms with van der Waals surface area (Å²) in [6, 6.07) is 7.55. The number of likely N-dealkylation sites (tertiary alicyclic amines) is 2. The molecule has 25 heavy (non-hydrogen) atoms. The number of carbonyl (C=O) groups is 3. The Morgan fingerprint density at radius 2 is 2.00 bits per heavy atom. The third-order valence-electron chi connectivity index (χ3n) is 5.08. The number of piperidine rings is 1. The first kappa shape index (κ1) is 17.5. The van der Waals surface area contributed by atoms with Gasteiger partial charge in [0, 0.05) is 37.8 Å². The summed E-state index contributed by atoms with van der Waals surface area (Å²) in [4.78, 5) is 40.3. The monoisotopic (exact) mass is 343 g/mol. The van der Waals surface area contributed by atoms with E-state index in [4.69, 9.17) is 0 Å². The maximum Gasteiger partial charge on any atom is 0.313 e. The molecule has 1 unspecified atom stereocenters. The molecule has 3 rings (SSSR count). The van der Waals surface area contributed by atoms with Crippen LogP contribution in [0.5, 0.6) is 0 Å². The fraction of sp³-hybridized carbons (Fsp3) is 0.526. The van der Waals surface area contributed by atoms with E-state index >= 15 is 0 Å². The molecule has 0 saturated carbocycles. The number of para-hydroxylation sites is 1. The second-order valence-corrected chi connectivity index (χ2v) is 6.70. The first-order chi connectivity index (χ1) is 12.1.